The second-order valence-corrected chi connectivity index (χ2v) is 18.3. The van der Waals surface area contributed by atoms with Crippen molar-refractivity contribution in [3.05, 3.63) is 122 Å². The fourth-order valence-corrected chi connectivity index (χ4v) is 7.85. The van der Waals surface area contributed by atoms with Crippen molar-refractivity contribution in [1.82, 2.24) is 0 Å². The van der Waals surface area contributed by atoms with Crippen LogP contribution in [0.4, 0.5) is 0 Å². The number of phosphoric acid groups is 1. The molecule has 12 nitrogen and oxygen atoms in total. The Morgan fingerprint density at radius 1 is 0.471 bits per heavy atom. The Morgan fingerprint density at radius 3 is 1.25 bits per heavy atom. The van der Waals surface area contributed by atoms with Crippen molar-refractivity contribution in [3.8, 4) is 0 Å². The minimum absolute atomic E-state index is 0.111. The van der Waals surface area contributed by atoms with Gasteiger partial charge in [0.25, 0.3) is 0 Å². The minimum atomic E-state index is -5.05. The number of carbonyl (C=O) groups is 1. The summed E-state index contributed by atoms with van der Waals surface area (Å²) in [6, 6.07) is 0. The maximum Gasteiger partial charge on any atom is 0.472 e. The van der Waals surface area contributed by atoms with Crippen LogP contribution >= 0.6 is 7.82 Å². The molecule has 0 spiro atoms. The third kappa shape index (κ3) is 34.9. The van der Waals surface area contributed by atoms with E-state index in [0.717, 1.165) is 109 Å². The van der Waals surface area contributed by atoms with Crippen LogP contribution in [0.15, 0.2) is 122 Å². The van der Waals surface area contributed by atoms with E-state index in [1.807, 2.05) is 0 Å². The van der Waals surface area contributed by atoms with Gasteiger partial charge in [0.2, 0.25) is 0 Å². The molecule has 0 bridgehead atoms. The standard InChI is InChI=1S/C55H89O12P/c1-3-5-7-9-11-13-15-17-19-21-23-25-26-28-30-32-34-36-38-40-42-44-49(56)66-48(47-65-68(62,63)67-55-53(60)51(58)50(57)52(59)54(55)61)46-64-45-43-41-39-37-35-33-31-29-27-24-22-20-18-16-14-12-10-8-6-4-2/h5-8,11-14,17-20,23-25,27-28,30,34,36,48,50-55,57-61H,3-4,9-10,15-16,21-22,26,29,31-33,35,37-47H2,1-2H3,(H,62,63)/b7-5-,8-6-,13-11-,14-12-,19-17-,20-18-,25-23-,27-24-,30-28-,36-34-. The van der Waals surface area contributed by atoms with Crippen LogP contribution in [0.3, 0.4) is 0 Å². The van der Waals surface area contributed by atoms with E-state index in [2.05, 4.69) is 135 Å². The number of aliphatic hydroxyl groups is 5. The van der Waals surface area contributed by atoms with Gasteiger partial charge in [0, 0.05) is 13.0 Å². The number of rotatable bonds is 41. The van der Waals surface area contributed by atoms with Crippen LogP contribution in [0, 0.1) is 0 Å². The maximum atomic E-state index is 12.9. The van der Waals surface area contributed by atoms with Crippen LogP contribution < -0.4 is 0 Å². The van der Waals surface area contributed by atoms with Crippen molar-refractivity contribution in [2.75, 3.05) is 19.8 Å². The van der Waals surface area contributed by atoms with Crippen molar-refractivity contribution in [2.24, 2.45) is 0 Å². The molecular formula is C55H89O12P. The molecule has 6 atom stereocenters. The largest absolute Gasteiger partial charge is 0.472 e. The zero-order chi connectivity index (χ0) is 49.8. The highest BCUT2D eigenvalue weighted by molar-refractivity contribution is 7.47. The normalized spacial score (nSPS) is 22.2. The van der Waals surface area contributed by atoms with Gasteiger partial charge in [-0.2, -0.15) is 0 Å². The molecule has 1 aliphatic carbocycles. The molecule has 1 aliphatic rings. The van der Waals surface area contributed by atoms with Gasteiger partial charge in [-0.25, -0.2) is 4.57 Å². The summed E-state index contributed by atoms with van der Waals surface area (Å²) in [5.41, 5.74) is 0. The Labute approximate surface area is 409 Å². The molecular weight excluding hydrogens is 884 g/mol. The smallest absolute Gasteiger partial charge is 0.457 e. The van der Waals surface area contributed by atoms with Gasteiger partial charge in [-0.1, -0.05) is 167 Å². The van der Waals surface area contributed by atoms with E-state index in [1.165, 1.54) is 19.3 Å². The van der Waals surface area contributed by atoms with Crippen LogP contribution in [0.1, 0.15) is 155 Å². The second kappa shape index (κ2) is 43.7. The van der Waals surface area contributed by atoms with E-state index in [-0.39, 0.29) is 13.0 Å². The monoisotopic (exact) mass is 973 g/mol. The fourth-order valence-electron chi connectivity index (χ4n) is 6.88. The predicted octanol–water partition coefficient (Wildman–Crippen LogP) is 11.4. The Hall–Kier alpha value is -3.26. The summed E-state index contributed by atoms with van der Waals surface area (Å²) in [4.78, 5) is 23.2. The van der Waals surface area contributed by atoms with Crippen LogP contribution in [0.25, 0.3) is 0 Å². The van der Waals surface area contributed by atoms with Crippen molar-refractivity contribution >= 4 is 13.8 Å². The summed E-state index contributed by atoms with van der Waals surface area (Å²) in [5, 5.41) is 50.3. The van der Waals surface area contributed by atoms with Crippen LogP contribution in [-0.4, -0.2) is 98.9 Å². The zero-order valence-corrected chi connectivity index (χ0v) is 42.2. The average Bonchev–Trinajstić information content (AvgIpc) is 3.32. The molecule has 0 radical (unpaired) electrons. The van der Waals surface area contributed by atoms with E-state index in [1.54, 1.807) is 0 Å². The summed E-state index contributed by atoms with van der Waals surface area (Å²) in [6.07, 6.45) is 51.2. The van der Waals surface area contributed by atoms with E-state index in [4.69, 9.17) is 18.5 Å². The first-order valence-corrected chi connectivity index (χ1v) is 26.9. The van der Waals surface area contributed by atoms with E-state index >= 15 is 0 Å². The number of aliphatic hydroxyl groups excluding tert-OH is 5. The molecule has 0 aromatic carbocycles. The van der Waals surface area contributed by atoms with Crippen molar-refractivity contribution in [2.45, 2.75) is 198 Å². The molecule has 0 aromatic rings. The molecule has 0 aromatic heterocycles. The molecule has 1 rings (SSSR count). The van der Waals surface area contributed by atoms with Crippen LogP contribution in [0.2, 0.25) is 0 Å². The van der Waals surface area contributed by atoms with E-state index in [9.17, 15) is 39.8 Å². The number of unbranched alkanes of at least 4 members (excludes halogenated alkanes) is 9. The van der Waals surface area contributed by atoms with Crippen molar-refractivity contribution < 1.29 is 58.3 Å². The summed E-state index contributed by atoms with van der Waals surface area (Å²) >= 11 is 0. The van der Waals surface area contributed by atoms with Crippen LogP contribution in [0.5, 0.6) is 0 Å². The molecule has 0 aliphatic heterocycles. The lowest BCUT2D eigenvalue weighted by Crippen LogP contribution is -2.64. The summed E-state index contributed by atoms with van der Waals surface area (Å²) in [6.45, 7) is 3.95. The predicted molar refractivity (Wildman–Crippen MR) is 276 cm³/mol. The van der Waals surface area contributed by atoms with Gasteiger partial charge in [-0.05, 0) is 103 Å². The lowest BCUT2D eigenvalue weighted by Gasteiger charge is -2.41. The average molecular weight is 973 g/mol. The molecule has 386 valence electrons. The number of hydrogen-bond acceptors (Lipinski definition) is 11. The van der Waals surface area contributed by atoms with Crippen LogP contribution in [-0.2, 0) is 27.9 Å². The number of carbonyl (C=O) groups excluding carboxylic acids is 1. The third-order valence-electron chi connectivity index (χ3n) is 10.8. The summed E-state index contributed by atoms with van der Waals surface area (Å²) in [7, 11) is -5.05. The molecule has 6 N–H and O–H groups in total. The second-order valence-electron chi connectivity index (χ2n) is 16.9. The Balaban J connectivity index is 2.42. The van der Waals surface area contributed by atoms with Crippen molar-refractivity contribution in [1.29, 1.82) is 0 Å². The quantitative estimate of drug-likeness (QED) is 0.0147. The van der Waals surface area contributed by atoms with Gasteiger partial charge in [0.1, 0.15) is 42.7 Å². The van der Waals surface area contributed by atoms with Gasteiger partial charge < -0.3 is 39.9 Å². The van der Waals surface area contributed by atoms with E-state index < -0.39 is 63.1 Å². The van der Waals surface area contributed by atoms with Gasteiger partial charge in [-0.3, -0.25) is 13.8 Å². The lowest BCUT2D eigenvalue weighted by molar-refractivity contribution is -0.220. The molecule has 0 amide bonds. The molecule has 0 saturated heterocycles. The molecule has 1 saturated carbocycles. The Morgan fingerprint density at radius 2 is 0.824 bits per heavy atom. The molecule has 68 heavy (non-hydrogen) atoms. The van der Waals surface area contributed by atoms with Gasteiger partial charge >= 0.3 is 13.8 Å². The summed E-state index contributed by atoms with van der Waals surface area (Å²) in [5.74, 6) is -0.529. The third-order valence-corrected chi connectivity index (χ3v) is 11.8. The first-order valence-electron chi connectivity index (χ1n) is 25.4. The molecule has 0 heterocycles. The van der Waals surface area contributed by atoms with E-state index in [0.29, 0.717) is 13.0 Å². The highest BCUT2D eigenvalue weighted by Gasteiger charge is 2.51. The number of phosphoric ester groups is 1. The highest BCUT2D eigenvalue weighted by Crippen LogP contribution is 2.47. The number of allylic oxidation sites excluding steroid dienone is 20. The molecule has 6 unspecified atom stereocenters. The lowest BCUT2D eigenvalue weighted by atomic mass is 9.85. The maximum absolute atomic E-state index is 12.9. The number of esters is 1. The number of ether oxygens (including phenoxy) is 2. The SMILES string of the molecule is CC/C=C\C/C=C\C/C=C\C/C=C\C/C=C\C/C=C\CCCCC(=O)OC(COCCCCCCCCC/C=C\C/C=C\C/C=C\C/C=C\CC)COP(=O)(O)OC1C(O)C(O)C(O)C(O)C1O. The van der Waals surface area contributed by atoms with Crippen molar-refractivity contribution in [3.63, 3.8) is 0 Å². The zero-order valence-electron chi connectivity index (χ0n) is 41.3. The van der Waals surface area contributed by atoms with Gasteiger partial charge in [0.05, 0.1) is 13.2 Å². The topological polar surface area (TPSA) is 192 Å². The summed E-state index contributed by atoms with van der Waals surface area (Å²) < 4.78 is 34.2. The minimum Gasteiger partial charge on any atom is -0.457 e. The fraction of sp³-hybridized carbons (Fsp3) is 0.618. The van der Waals surface area contributed by atoms with Gasteiger partial charge in [0.15, 0.2) is 0 Å². The Kier molecular flexibility index (Phi) is 40.4. The highest BCUT2D eigenvalue weighted by atomic mass is 31.2. The number of hydrogen-bond donors (Lipinski definition) is 6. The van der Waals surface area contributed by atoms with Gasteiger partial charge in [-0.15, -0.1) is 0 Å². The Bertz CT molecular complexity index is 1580. The first-order chi connectivity index (χ1) is 33.0. The molecule has 1 fully saturated rings. The molecule has 13 heteroatoms. The first kappa shape index (κ1) is 62.8.